The molecule has 0 saturated heterocycles. The van der Waals surface area contributed by atoms with Crippen LogP contribution in [0.25, 0.3) is 0 Å². The van der Waals surface area contributed by atoms with Crippen LogP contribution in [0, 0.1) is 17.8 Å². The lowest BCUT2D eigenvalue weighted by molar-refractivity contribution is -0.0852. The summed E-state index contributed by atoms with van der Waals surface area (Å²) in [5.41, 5.74) is -1.30. The highest BCUT2D eigenvalue weighted by atomic mass is 35.5. The van der Waals surface area contributed by atoms with Gasteiger partial charge in [-0.2, -0.15) is 16.9 Å². The van der Waals surface area contributed by atoms with Crippen LogP contribution in [0.4, 0.5) is 8.78 Å². The minimum Gasteiger partial charge on any atom is -0.386 e. The molecule has 3 aliphatic carbocycles. The van der Waals surface area contributed by atoms with E-state index in [-0.39, 0.29) is 18.2 Å². The summed E-state index contributed by atoms with van der Waals surface area (Å²) in [4.78, 5) is 3.99. The van der Waals surface area contributed by atoms with Crippen LogP contribution < -0.4 is 0 Å². The zero-order chi connectivity index (χ0) is 24.1. The Labute approximate surface area is 212 Å². The Morgan fingerprint density at radius 3 is 2.29 bits per heavy atom. The summed E-state index contributed by atoms with van der Waals surface area (Å²) in [6.45, 7) is 2.20. The Morgan fingerprint density at radius 2 is 1.71 bits per heavy atom. The van der Waals surface area contributed by atoms with Gasteiger partial charge in [0.15, 0.2) is 0 Å². The summed E-state index contributed by atoms with van der Waals surface area (Å²) >= 11 is 8.02. The summed E-state index contributed by atoms with van der Waals surface area (Å²) in [6, 6.07) is 0. The van der Waals surface area contributed by atoms with E-state index in [1.165, 1.54) is 19.2 Å². The average molecular weight is 516 g/mol. The van der Waals surface area contributed by atoms with Crippen molar-refractivity contribution in [2.45, 2.75) is 118 Å². The highest BCUT2D eigenvalue weighted by Gasteiger charge is 2.49. The lowest BCUT2D eigenvalue weighted by Crippen LogP contribution is -2.55. The number of nitrogens with zero attached hydrogens (tertiary/aromatic N) is 3. The first-order valence-corrected chi connectivity index (χ1v) is 14.5. The molecule has 0 aromatic carbocycles. The molecule has 3 fully saturated rings. The Morgan fingerprint density at radius 1 is 1.06 bits per heavy atom. The topological polar surface area (TPSA) is 50.9 Å². The molecule has 1 aromatic rings. The van der Waals surface area contributed by atoms with Crippen LogP contribution in [0.2, 0.25) is 0 Å². The van der Waals surface area contributed by atoms with Crippen LogP contribution in [0.3, 0.4) is 0 Å². The second-order valence-electron chi connectivity index (χ2n) is 10.8. The average Bonchev–Trinajstić information content (AvgIpc) is 3.32. The first-order chi connectivity index (χ1) is 16.3. The molecule has 1 heterocycles. The van der Waals surface area contributed by atoms with Gasteiger partial charge in [0.2, 0.25) is 0 Å². The number of aliphatic hydroxyl groups is 1. The van der Waals surface area contributed by atoms with Crippen LogP contribution in [0.1, 0.15) is 77.6 Å². The third-order valence-corrected chi connectivity index (χ3v) is 10.5. The molecule has 0 aliphatic heterocycles. The summed E-state index contributed by atoms with van der Waals surface area (Å²) in [7, 11) is 0. The molecule has 192 valence electrons. The van der Waals surface area contributed by atoms with E-state index >= 15 is 4.39 Å². The maximum Gasteiger partial charge on any atom is 0.137 e. The zero-order valence-electron chi connectivity index (χ0n) is 20.2. The number of hydrogen-bond acceptors (Lipinski definition) is 4. The van der Waals surface area contributed by atoms with E-state index in [1.54, 1.807) is 22.8 Å². The smallest absolute Gasteiger partial charge is 0.137 e. The normalized spacial score (nSPS) is 38.0. The fourth-order valence-corrected chi connectivity index (χ4v) is 8.02. The van der Waals surface area contributed by atoms with Crippen LogP contribution in [0.5, 0.6) is 0 Å². The first-order valence-electron chi connectivity index (χ1n) is 13.1. The molecule has 4 nitrogen and oxygen atoms in total. The van der Waals surface area contributed by atoms with Crippen molar-refractivity contribution in [3.05, 3.63) is 24.8 Å². The Bertz CT molecular complexity index is 768. The molecule has 3 saturated carbocycles. The van der Waals surface area contributed by atoms with E-state index in [1.807, 2.05) is 6.92 Å². The van der Waals surface area contributed by atoms with Gasteiger partial charge in [-0.1, -0.05) is 19.1 Å². The number of alkyl halides is 3. The predicted molar refractivity (Wildman–Crippen MR) is 136 cm³/mol. The van der Waals surface area contributed by atoms with E-state index in [0.29, 0.717) is 35.3 Å². The number of thioether (sulfide) groups is 1. The number of rotatable bonds is 8. The maximum absolute atomic E-state index is 15.0. The third kappa shape index (κ3) is 6.76. The Kier molecular flexibility index (Phi) is 9.36. The largest absolute Gasteiger partial charge is 0.386 e. The maximum atomic E-state index is 15.0. The number of allylic oxidation sites excluding steroid dienone is 2. The highest BCUT2D eigenvalue weighted by Crippen LogP contribution is 2.45. The Balaban J connectivity index is 1.33. The monoisotopic (exact) mass is 515 g/mol. The molecular formula is C26H40ClF2N3OS. The van der Waals surface area contributed by atoms with Gasteiger partial charge in [-0.15, -0.1) is 11.6 Å². The molecule has 1 aromatic heterocycles. The van der Waals surface area contributed by atoms with Gasteiger partial charge in [-0.25, -0.2) is 13.8 Å². The second-order valence-corrected chi connectivity index (χ2v) is 13.1. The fourth-order valence-electron chi connectivity index (χ4n) is 6.16. The molecule has 1 N–H and O–H groups in total. The molecule has 34 heavy (non-hydrogen) atoms. The first kappa shape index (κ1) is 26.4. The van der Waals surface area contributed by atoms with Gasteiger partial charge in [0.1, 0.15) is 30.6 Å². The van der Waals surface area contributed by atoms with Crippen LogP contribution in [-0.4, -0.2) is 53.7 Å². The number of halogens is 3. The molecule has 0 bridgehead atoms. The van der Waals surface area contributed by atoms with Gasteiger partial charge < -0.3 is 5.11 Å². The van der Waals surface area contributed by atoms with E-state index in [9.17, 15) is 9.50 Å². The molecule has 3 unspecified atom stereocenters. The van der Waals surface area contributed by atoms with Crippen LogP contribution >= 0.6 is 23.4 Å². The molecule has 8 heteroatoms. The van der Waals surface area contributed by atoms with Crippen molar-refractivity contribution in [2.24, 2.45) is 17.8 Å². The van der Waals surface area contributed by atoms with Crippen molar-refractivity contribution in [2.75, 3.05) is 0 Å². The lowest BCUT2D eigenvalue weighted by Gasteiger charge is -2.45. The quantitative estimate of drug-likeness (QED) is 0.316. The molecule has 5 atom stereocenters. The van der Waals surface area contributed by atoms with Crippen LogP contribution in [-0.2, 0) is 6.54 Å². The van der Waals surface area contributed by atoms with Gasteiger partial charge in [0, 0.05) is 28.2 Å². The highest BCUT2D eigenvalue weighted by molar-refractivity contribution is 8.00. The molecule has 4 rings (SSSR count). The van der Waals surface area contributed by atoms with Crippen LogP contribution in [0.15, 0.2) is 24.8 Å². The van der Waals surface area contributed by atoms with Crippen molar-refractivity contribution in [3.63, 3.8) is 0 Å². The zero-order valence-corrected chi connectivity index (χ0v) is 21.8. The second kappa shape index (κ2) is 12.1. The lowest BCUT2D eigenvalue weighted by atomic mass is 9.73. The minimum atomic E-state index is -1.34. The van der Waals surface area contributed by atoms with Gasteiger partial charge >= 0.3 is 0 Å². The molecule has 0 spiro atoms. The summed E-state index contributed by atoms with van der Waals surface area (Å²) in [5, 5.41) is 16.7. The van der Waals surface area contributed by atoms with E-state index in [0.717, 1.165) is 38.5 Å². The standard InChI is InChI=1S/C26H40ClF2N3OS/c1-18(26(33,15-32-17-30-16-31-32)24-13-10-22(28)14-25(24)29)34-23-11-6-20(7-12-23)3-2-19-4-8-21(27)9-5-19/h2-3,16-25,33H,4-15H2,1H3/b3-2+/t18-,19?,20?,21?,22?,23?,24?,25?,26-/m1/s1. The van der Waals surface area contributed by atoms with Crippen molar-refractivity contribution in [1.82, 2.24) is 14.8 Å². The van der Waals surface area contributed by atoms with Crippen molar-refractivity contribution in [3.8, 4) is 0 Å². The minimum absolute atomic E-state index is 0.119. The van der Waals surface area contributed by atoms with Gasteiger partial charge in [0.05, 0.1) is 6.54 Å². The molecule has 0 amide bonds. The molecule has 0 radical (unpaired) electrons. The van der Waals surface area contributed by atoms with Gasteiger partial charge in [-0.3, -0.25) is 4.68 Å². The predicted octanol–water partition coefficient (Wildman–Crippen LogP) is 6.52. The molecule has 3 aliphatic rings. The van der Waals surface area contributed by atoms with Gasteiger partial charge in [-0.05, 0) is 76.0 Å². The Hall–Kier alpha value is -0.660. The molecular weight excluding hydrogens is 476 g/mol. The van der Waals surface area contributed by atoms with Crippen molar-refractivity contribution < 1.29 is 13.9 Å². The summed E-state index contributed by atoms with van der Waals surface area (Å²) < 4.78 is 30.4. The van der Waals surface area contributed by atoms with Crippen molar-refractivity contribution >= 4 is 23.4 Å². The van der Waals surface area contributed by atoms with E-state index < -0.39 is 23.9 Å². The summed E-state index contributed by atoms with van der Waals surface area (Å²) in [6.07, 6.45) is 15.2. The van der Waals surface area contributed by atoms with E-state index in [2.05, 4.69) is 22.2 Å². The van der Waals surface area contributed by atoms with Crippen molar-refractivity contribution in [1.29, 1.82) is 0 Å². The fraction of sp³-hybridized carbons (Fsp3) is 0.846. The summed E-state index contributed by atoms with van der Waals surface area (Å²) in [5.74, 6) is 0.723. The SMILES string of the molecule is C[C@@H](SC1CCC(/C=C/C2CCC(Cl)CC2)CC1)[C@](O)(Cn1cncn1)C1CCC(F)CC1F. The number of hydrogen-bond donors (Lipinski definition) is 1. The van der Waals surface area contributed by atoms with E-state index in [4.69, 9.17) is 11.6 Å². The third-order valence-electron chi connectivity index (χ3n) is 8.41. The number of aromatic nitrogens is 3. The van der Waals surface area contributed by atoms with Gasteiger partial charge in [0.25, 0.3) is 0 Å².